The second kappa shape index (κ2) is 3.44. The topological polar surface area (TPSA) is 25.8 Å². The quantitative estimate of drug-likeness (QED) is 0.737. The Morgan fingerprint density at radius 3 is 2.53 bits per heavy atom. The van der Waals surface area contributed by atoms with Crippen molar-refractivity contribution in [1.82, 2.24) is 9.97 Å². The van der Waals surface area contributed by atoms with E-state index in [2.05, 4.69) is 25.9 Å². The first kappa shape index (κ1) is 10.4. The van der Waals surface area contributed by atoms with Crippen LogP contribution in [0.5, 0.6) is 0 Å². The Kier molecular flexibility index (Phi) is 2.38. The Hall–Kier alpha value is -1.17. The number of halogens is 4. The maximum absolute atomic E-state index is 12.5. The average molecular weight is 277 g/mol. The van der Waals surface area contributed by atoms with E-state index >= 15 is 0 Å². The molecule has 0 N–H and O–H groups in total. The molecule has 0 amide bonds. The zero-order valence-corrected chi connectivity index (χ0v) is 8.80. The lowest BCUT2D eigenvalue weighted by Crippen LogP contribution is -2.09. The predicted molar refractivity (Wildman–Crippen MR) is 52.2 cm³/mol. The zero-order valence-electron chi connectivity index (χ0n) is 7.22. The molecule has 0 bridgehead atoms. The standard InChI is InChI=1S/C9H4BrF3N2/c10-5-1-2-7-6(3-5)8(9(11,12)13)15-4-14-7/h1-4H. The second-order valence-corrected chi connectivity index (χ2v) is 3.80. The first-order chi connectivity index (χ1) is 6.98. The second-order valence-electron chi connectivity index (χ2n) is 2.88. The minimum atomic E-state index is -4.46. The normalized spacial score (nSPS) is 12.0. The summed E-state index contributed by atoms with van der Waals surface area (Å²) in [5, 5.41) is -0.000579. The Morgan fingerprint density at radius 2 is 1.87 bits per heavy atom. The molecule has 0 aliphatic rings. The molecular weight excluding hydrogens is 273 g/mol. The molecule has 0 unspecified atom stereocenters. The van der Waals surface area contributed by atoms with Crippen LogP contribution in [0.15, 0.2) is 29.0 Å². The van der Waals surface area contributed by atoms with Crippen LogP contribution in [0, 0.1) is 0 Å². The van der Waals surface area contributed by atoms with E-state index in [0.717, 1.165) is 6.33 Å². The summed E-state index contributed by atoms with van der Waals surface area (Å²) in [6.07, 6.45) is -3.54. The van der Waals surface area contributed by atoms with Gasteiger partial charge in [0.15, 0.2) is 5.69 Å². The number of hydrogen-bond acceptors (Lipinski definition) is 2. The fraction of sp³-hybridized carbons (Fsp3) is 0.111. The summed E-state index contributed by atoms with van der Waals surface area (Å²) >= 11 is 3.11. The van der Waals surface area contributed by atoms with Gasteiger partial charge in [-0.25, -0.2) is 9.97 Å². The van der Waals surface area contributed by atoms with Gasteiger partial charge in [-0.05, 0) is 18.2 Å². The van der Waals surface area contributed by atoms with E-state index in [9.17, 15) is 13.2 Å². The van der Waals surface area contributed by atoms with Crippen LogP contribution in [0.4, 0.5) is 13.2 Å². The van der Waals surface area contributed by atoms with Gasteiger partial charge < -0.3 is 0 Å². The summed E-state index contributed by atoms with van der Waals surface area (Å²) in [5.74, 6) is 0. The van der Waals surface area contributed by atoms with Crippen molar-refractivity contribution in [2.24, 2.45) is 0 Å². The van der Waals surface area contributed by atoms with E-state index in [0.29, 0.717) is 4.47 Å². The third kappa shape index (κ3) is 1.94. The minimum Gasteiger partial charge on any atom is -0.236 e. The molecule has 2 rings (SSSR count). The Bertz CT molecular complexity index is 510. The molecule has 1 aromatic heterocycles. The van der Waals surface area contributed by atoms with Crippen molar-refractivity contribution in [3.63, 3.8) is 0 Å². The van der Waals surface area contributed by atoms with Gasteiger partial charge >= 0.3 is 6.18 Å². The molecule has 0 spiro atoms. The van der Waals surface area contributed by atoms with Crippen molar-refractivity contribution >= 4 is 26.8 Å². The van der Waals surface area contributed by atoms with Gasteiger partial charge in [0.05, 0.1) is 5.52 Å². The third-order valence-corrected chi connectivity index (χ3v) is 2.36. The molecule has 0 saturated heterocycles. The Labute approximate surface area is 91.3 Å². The summed E-state index contributed by atoms with van der Waals surface area (Å²) in [6.45, 7) is 0. The summed E-state index contributed by atoms with van der Waals surface area (Å²) in [4.78, 5) is 7.03. The lowest BCUT2D eigenvalue weighted by atomic mass is 10.2. The predicted octanol–water partition coefficient (Wildman–Crippen LogP) is 3.41. The van der Waals surface area contributed by atoms with Crippen molar-refractivity contribution in [2.45, 2.75) is 6.18 Å². The largest absolute Gasteiger partial charge is 0.434 e. The molecule has 0 radical (unpaired) electrons. The number of benzene rings is 1. The number of nitrogens with zero attached hydrogens (tertiary/aromatic N) is 2. The van der Waals surface area contributed by atoms with Crippen molar-refractivity contribution in [1.29, 1.82) is 0 Å². The van der Waals surface area contributed by atoms with E-state index < -0.39 is 11.9 Å². The molecule has 1 heterocycles. The van der Waals surface area contributed by atoms with Crippen molar-refractivity contribution < 1.29 is 13.2 Å². The molecule has 2 nitrogen and oxygen atoms in total. The van der Waals surface area contributed by atoms with Crippen LogP contribution in [-0.4, -0.2) is 9.97 Å². The summed E-state index contributed by atoms with van der Waals surface area (Å²) in [5.41, 5.74) is -0.630. The number of aromatic nitrogens is 2. The molecule has 0 atom stereocenters. The van der Waals surface area contributed by atoms with Gasteiger partial charge in [-0.3, -0.25) is 0 Å². The number of alkyl halides is 3. The highest BCUT2D eigenvalue weighted by Gasteiger charge is 2.34. The van der Waals surface area contributed by atoms with Gasteiger partial charge in [-0.15, -0.1) is 0 Å². The van der Waals surface area contributed by atoms with Crippen LogP contribution in [0.2, 0.25) is 0 Å². The first-order valence-electron chi connectivity index (χ1n) is 3.96. The van der Waals surface area contributed by atoms with Gasteiger partial charge in [-0.1, -0.05) is 15.9 Å². The van der Waals surface area contributed by atoms with Crippen LogP contribution in [0.3, 0.4) is 0 Å². The highest BCUT2D eigenvalue weighted by molar-refractivity contribution is 9.10. The molecular formula is C9H4BrF3N2. The van der Waals surface area contributed by atoms with Gasteiger partial charge in [0.25, 0.3) is 0 Å². The lowest BCUT2D eigenvalue weighted by molar-refractivity contribution is -0.139. The highest BCUT2D eigenvalue weighted by Crippen LogP contribution is 2.33. The van der Waals surface area contributed by atoms with Crippen LogP contribution in [-0.2, 0) is 6.18 Å². The van der Waals surface area contributed by atoms with Gasteiger partial charge in [0, 0.05) is 9.86 Å². The molecule has 78 valence electrons. The molecule has 0 saturated carbocycles. The van der Waals surface area contributed by atoms with Crippen LogP contribution in [0.1, 0.15) is 5.69 Å². The van der Waals surface area contributed by atoms with E-state index in [-0.39, 0.29) is 10.9 Å². The fourth-order valence-corrected chi connectivity index (χ4v) is 1.62. The molecule has 15 heavy (non-hydrogen) atoms. The van der Waals surface area contributed by atoms with Gasteiger partial charge in [0.2, 0.25) is 0 Å². The minimum absolute atomic E-state index is 0.000579. The summed E-state index contributed by atoms with van der Waals surface area (Å²) < 4.78 is 38.2. The van der Waals surface area contributed by atoms with Crippen molar-refractivity contribution in [3.05, 3.63) is 34.7 Å². The molecule has 6 heteroatoms. The van der Waals surface area contributed by atoms with Crippen LogP contribution < -0.4 is 0 Å². The molecule has 0 fully saturated rings. The molecule has 2 aromatic rings. The van der Waals surface area contributed by atoms with Crippen LogP contribution >= 0.6 is 15.9 Å². The number of hydrogen-bond donors (Lipinski definition) is 0. The summed E-state index contributed by atoms with van der Waals surface area (Å²) in [7, 11) is 0. The molecule has 0 aliphatic heterocycles. The summed E-state index contributed by atoms with van der Waals surface area (Å²) in [6, 6.07) is 4.50. The first-order valence-corrected chi connectivity index (χ1v) is 4.75. The number of fused-ring (bicyclic) bond motifs is 1. The smallest absolute Gasteiger partial charge is 0.236 e. The molecule has 1 aromatic carbocycles. The monoisotopic (exact) mass is 276 g/mol. The fourth-order valence-electron chi connectivity index (χ4n) is 1.25. The van der Waals surface area contributed by atoms with E-state index in [1.54, 1.807) is 6.07 Å². The van der Waals surface area contributed by atoms with E-state index in [1.165, 1.54) is 12.1 Å². The molecule has 0 aliphatic carbocycles. The zero-order chi connectivity index (χ0) is 11.1. The SMILES string of the molecule is FC(F)(F)c1ncnc2ccc(Br)cc12. The number of rotatable bonds is 0. The maximum Gasteiger partial charge on any atom is 0.434 e. The lowest BCUT2D eigenvalue weighted by Gasteiger charge is -2.08. The van der Waals surface area contributed by atoms with Gasteiger partial charge in [-0.2, -0.15) is 13.2 Å². The Morgan fingerprint density at radius 1 is 1.13 bits per heavy atom. The average Bonchev–Trinajstić information content (AvgIpc) is 2.15. The van der Waals surface area contributed by atoms with Crippen LogP contribution in [0.25, 0.3) is 10.9 Å². The highest BCUT2D eigenvalue weighted by atomic mass is 79.9. The van der Waals surface area contributed by atoms with E-state index in [4.69, 9.17) is 0 Å². The van der Waals surface area contributed by atoms with Crippen molar-refractivity contribution in [3.8, 4) is 0 Å². The maximum atomic E-state index is 12.5. The van der Waals surface area contributed by atoms with E-state index in [1.807, 2.05) is 0 Å². The third-order valence-electron chi connectivity index (χ3n) is 1.87. The van der Waals surface area contributed by atoms with Gasteiger partial charge in [0.1, 0.15) is 6.33 Å². The Balaban J connectivity index is 2.80. The van der Waals surface area contributed by atoms with Crippen molar-refractivity contribution in [2.75, 3.05) is 0 Å².